The first-order valence-electron chi connectivity index (χ1n) is 5.86. The zero-order valence-corrected chi connectivity index (χ0v) is 10.6. The lowest BCUT2D eigenvalue weighted by Gasteiger charge is -2.27. The van der Waals surface area contributed by atoms with Crippen molar-refractivity contribution in [2.45, 2.75) is 27.7 Å². The largest absolute Gasteiger partial charge is 0.356 e. The van der Waals surface area contributed by atoms with Gasteiger partial charge in [0.1, 0.15) is 5.82 Å². The van der Waals surface area contributed by atoms with Crippen molar-refractivity contribution in [2.24, 2.45) is 11.8 Å². The number of nitrogens with zero attached hydrogens (tertiary/aromatic N) is 2. The molecule has 0 bridgehead atoms. The van der Waals surface area contributed by atoms with E-state index in [9.17, 15) is 4.39 Å². The first-order chi connectivity index (χ1) is 7.49. The summed E-state index contributed by atoms with van der Waals surface area (Å²) in [6, 6.07) is 4.96. The van der Waals surface area contributed by atoms with Gasteiger partial charge in [0.15, 0.2) is 0 Å². The molecule has 0 N–H and O–H groups in total. The number of aromatic nitrogens is 1. The van der Waals surface area contributed by atoms with Gasteiger partial charge in [0, 0.05) is 13.1 Å². The van der Waals surface area contributed by atoms with Crippen molar-refractivity contribution in [1.29, 1.82) is 0 Å². The summed E-state index contributed by atoms with van der Waals surface area (Å²) >= 11 is 0. The van der Waals surface area contributed by atoms with E-state index in [-0.39, 0.29) is 0 Å². The van der Waals surface area contributed by atoms with Crippen LogP contribution in [0.4, 0.5) is 10.2 Å². The monoisotopic (exact) mass is 224 g/mol. The van der Waals surface area contributed by atoms with Crippen LogP contribution in [0.15, 0.2) is 18.2 Å². The third kappa shape index (κ3) is 4.17. The van der Waals surface area contributed by atoms with E-state index in [1.54, 1.807) is 6.07 Å². The van der Waals surface area contributed by atoms with Crippen molar-refractivity contribution in [3.05, 3.63) is 24.1 Å². The van der Waals surface area contributed by atoms with Crippen LogP contribution in [0.1, 0.15) is 27.7 Å². The molecule has 1 rings (SSSR count). The van der Waals surface area contributed by atoms with Crippen LogP contribution in [-0.4, -0.2) is 18.1 Å². The zero-order chi connectivity index (χ0) is 12.1. The van der Waals surface area contributed by atoms with Crippen LogP contribution in [0.25, 0.3) is 0 Å². The van der Waals surface area contributed by atoms with Crippen LogP contribution in [0, 0.1) is 17.8 Å². The predicted molar refractivity (Wildman–Crippen MR) is 66.1 cm³/mol. The minimum absolute atomic E-state index is 0.407. The molecule has 2 nitrogen and oxygen atoms in total. The van der Waals surface area contributed by atoms with Crippen LogP contribution in [0.3, 0.4) is 0 Å². The third-order valence-electron chi connectivity index (χ3n) is 2.20. The predicted octanol–water partition coefficient (Wildman–Crippen LogP) is 3.34. The molecule has 0 saturated carbocycles. The molecule has 1 aromatic rings. The van der Waals surface area contributed by atoms with E-state index in [1.165, 1.54) is 6.07 Å². The quantitative estimate of drug-likeness (QED) is 0.713. The van der Waals surface area contributed by atoms with Gasteiger partial charge in [0.05, 0.1) is 0 Å². The lowest BCUT2D eigenvalue weighted by atomic mass is 10.1. The van der Waals surface area contributed by atoms with Crippen LogP contribution in [0.5, 0.6) is 0 Å². The molecule has 0 aliphatic carbocycles. The van der Waals surface area contributed by atoms with Gasteiger partial charge in [-0.2, -0.15) is 4.39 Å². The molecule has 1 aromatic heterocycles. The van der Waals surface area contributed by atoms with Crippen molar-refractivity contribution in [3.63, 3.8) is 0 Å². The minimum atomic E-state index is -0.407. The van der Waals surface area contributed by atoms with E-state index in [0.29, 0.717) is 11.8 Å². The summed E-state index contributed by atoms with van der Waals surface area (Å²) < 4.78 is 13.1. The lowest BCUT2D eigenvalue weighted by Crippen LogP contribution is -2.32. The van der Waals surface area contributed by atoms with Gasteiger partial charge in [0.2, 0.25) is 5.95 Å². The normalized spacial score (nSPS) is 11.2. The highest BCUT2D eigenvalue weighted by Crippen LogP contribution is 2.15. The van der Waals surface area contributed by atoms with Crippen LogP contribution < -0.4 is 4.90 Å². The first-order valence-corrected chi connectivity index (χ1v) is 5.86. The Balaban J connectivity index is 2.82. The van der Waals surface area contributed by atoms with E-state index in [1.807, 2.05) is 6.07 Å². The molecular formula is C13H21FN2. The Hall–Kier alpha value is -1.12. The first kappa shape index (κ1) is 12.9. The smallest absolute Gasteiger partial charge is 0.214 e. The molecule has 0 spiro atoms. The van der Waals surface area contributed by atoms with Crippen molar-refractivity contribution in [2.75, 3.05) is 18.0 Å². The maximum atomic E-state index is 13.1. The fourth-order valence-corrected chi connectivity index (χ4v) is 1.72. The van der Waals surface area contributed by atoms with Crippen LogP contribution >= 0.6 is 0 Å². The standard InChI is InChI=1S/C13H21FN2/c1-10(2)8-16(9-11(3)4)13-7-5-6-12(14)15-13/h5-7,10-11H,8-9H2,1-4H3. The molecule has 16 heavy (non-hydrogen) atoms. The highest BCUT2D eigenvalue weighted by atomic mass is 19.1. The summed E-state index contributed by atoms with van der Waals surface area (Å²) in [6.07, 6.45) is 0. The Labute approximate surface area is 97.5 Å². The summed E-state index contributed by atoms with van der Waals surface area (Å²) in [6.45, 7) is 10.5. The molecule has 0 saturated heterocycles. The minimum Gasteiger partial charge on any atom is -0.356 e. The summed E-state index contributed by atoms with van der Waals surface area (Å²) in [4.78, 5) is 6.09. The van der Waals surface area contributed by atoms with Crippen molar-refractivity contribution in [3.8, 4) is 0 Å². The fraction of sp³-hybridized carbons (Fsp3) is 0.615. The SMILES string of the molecule is CC(C)CN(CC(C)C)c1cccc(F)n1. The topological polar surface area (TPSA) is 16.1 Å². The van der Waals surface area contributed by atoms with Crippen molar-refractivity contribution < 1.29 is 4.39 Å². The number of hydrogen-bond acceptors (Lipinski definition) is 2. The van der Waals surface area contributed by atoms with E-state index in [4.69, 9.17) is 0 Å². The molecule has 0 aliphatic rings. The van der Waals surface area contributed by atoms with Gasteiger partial charge in [-0.15, -0.1) is 0 Å². The van der Waals surface area contributed by atoms with Crippen molar-refractivity contribution in [1.82, 2.24) is 4.98 Å². The second kappa shape index (κ2) is 5.83. The summed E-state index contributed by atoms with van der Waals surface area (Å²) in [5.41, 5.74) is 0. The van der Waals surface area contributed by atoms with Gasteiger partial charge in [-0.1, -0.05) is 33.8 Å². The zero-order valence-electron chi connectivity index (χ0n) is 10.6. The molecule has 1 heterocycles. The molecule has 0 atom stereocenters. The van der Waals surface area contributed by atoms with Gasteiger partial charge in [0.25, 0.3) is 0 Å². The van der Waals surface area contributed by atoms with Gasteiger partial charge in [-0.05, 0) is 24.0 Å². The molecule has 0 amide bonds. The number of pyridine rings is 1. The Kier molecular flexibility index (Phi) is 4.71. The average molecular weight is 224 g/mol. The van der Waals surface area contributed by atoms with Gasteiger partial charge in [-0.3, -0.25) is 0 Å². The van der Waals surface area contributed by atoms with Gasteiger partial charge < -0.3 is 4.90 Å². The molecule has 0 unspecified atom stereocenters. The maximum absolute atomic E-state index is 13.1. The second-order valence-corrected chi connectivity index (χ2v) is 5.01. The lowest BCUT2D eigenvalue weighted by molar-refractivity contribution is 0.537. The number of hydrogen-bond donors (Lipinski definition) is 0. The number of anilines is 1. The number of rotatable bonds is 5. The van der Waals surface area contributed by atoms with Gasteiger partial charge in [-0.25, -0.2) is 4.98 Å². The average Bonchev–Trinajstić information content (AvgIpc) is 2.15. The van der Waals surface area contributed by atoms with E-state index in [2.05, 4.69) is 37.6 Å². The van der Waals surface area contributed by atoms with Crippen LogP contribution in [0.2, 0.25) is 0 Å². The summed E-state index contributed by atoms with van der Waals surface area (Å²) in [7, 11) is 0. The molecule has 3 heteroatoms. The molecule has 0 aromatic carbocycles. The Morgan fingerprint density at radius 1 is 1.12 bits per heavy atom. The summed E-state index contributed by atoms with van der Waals surface area (Å²) in [5.74, 6) is 1.42. The Morgan fingerprint density at radius 3 is 2.12 bits per heavy atom. The van der Waals surface area contributed by atoms with Crippen molar-refractivity contribution >= 4 is 5.82 Å². The molecule has 90 valence electrons. The third-order valence-corrected chi connectivity index (χ3v) is 2.20. The van der Waals surface area contributed by atoms with Gasteiger partial charge >= 0.3 is 0 Å². The summed E-state index contributed by atoms with van der Waals surface area (Å²) in [5, 5.41) is 0. The Bertz CT molecular complexity index is 313. The molecule has 0 radical (unpaired) electrons. The molecule has 0 fully saturated rings. The number of halogens is 1. The fourth-order valence-electron chi connectivity index (χ4n) is 1.72. The molecule has 0 aliphatic heterocycles. The Morgan fingerprint density at radius 2 is 1.69 bits per heavy atom. The highest BCUT2D eigenvalue weighted by molar-refractivity contribution is 5.37. The van der Waals surface area contributed by atoms with E-state index >= 15 is 0 Å². The molecular weight excluding hydrogens is 203 g/mol. The second-order valence-electron chi connectivity index (χ2n) is 5.01. The van der Waals surface area contributed by atoms with E-state index < -0.39 is 5.95 Å². The van der Waals surface area contributed by atoms with Crippen LogP contribution in [-0.2, 0) is 0 Å². The van der Waals surface area contributed by atoms with E-state index in [0.717, 1.165) is 18.9 Å². The highest BCUT2D eigenvalue weighted by Gasteiger charge is 2.11. The maximum Gasteiger partial charge on any atom is 0.214 e.